The number of nitrogens with zero attached hydrogens (tertiary/aromatic N) is 1. The van der Waals surface area contributed by atoms with Gasteiger partial charge in [0.25, 0.3) is 0 Å². The van der Waals surface area contributed by atoms with Crippen LogP contribution in [-0.2, 0) is 16.3 Å². The summed E-state index contributed by atoms with van der Waals surface area (Å²) in [6.45, 7) is 3.00. The van der Waals surface area contributed by atoms with Gasteiger partial charge in [-0.05, 0) is 43.5 Å². The molecule has 0 radical (unpaired) electrons. The molecule has 1 aliphatic rings. The van der Waals surface area contributed by atoms with Crippen molar-refractivity contribution in [2.75, 3.05) is 24.2 Å². The second kappa shape index (κ2) is 4.09. The molecule has 0 N–H and O–H groups in total. The Morgan fingerprint density at radius 3 is 2.81 bits per heavy atom. The molecule has 0 aromatic heterocycles. The van der Waals surface area contributed by atoms with Crippen molar-refractivity contribution in [2.45, 2.75) is 24.7 Å². The van der Waals surface area contributed by atoms with Gasteiger partial charge in [-0.25, -0.2) is 8.42 Å². The van der Waals surface area contributed by atoms with Crippen LogP contribution in [0.5, 0.6) is 0 Å². The Labute approximate surface area is 97.0 Å². The number of hydrogen-bond donors (Lipinski definition) is 0. The molecule has 0 unspecified atom stereocenters. The summed E-state index contributed by atoms with van der Waals surface area (Å²) in [6, 6.07) is 5.66. The highest BCUT2D eigenvalue weighted by Crippen LogP contribution is 2.28. The van der Waals surface area contributed by atoms with Crippen molar-refractivity contribution in [2.24, 2.45) is 0 Å². The third-order valence-corrected chi connectivity index (χ3v) is 5.05. The molecule has 1 aromatic carbocycles. The number of fused-ring (bicyclic) bond motifs is 1. The summed E-state index contributed by atoms with van der Waals surface area (Å²) in [5.74, 6) is 0.295. The van der Waals surface area contributed by atoms with Crippen LogP contribution in [0.1, 0.15) is 18.9 Å². The summed E-state index contributed by atoms with van der Waals surface area (Å²) in [4.78, 5) is 2.65. The Bertz CT molecular complexity index is 494. The van der Waals surface area contributed by atoms with Crippen LogP contribution < -0.4 is 4.90 Å². The Morgan fingerprint density at radius 1 is 1.38 bits per heavy atom. The van der Waals surface area contributed by atoms with Gasteiger partial charge in [-0.1, -0.05) is 0 Å². The summed E-state index contributed by atoms with van der Waals surface area (Å²) >= 11 is 0. The van der Waals surface area contributed by atoms with E-state index in [0.717, 1.165) is 30.6 Å². The fourth-order valence-corrected chi connectivity index (χ4v) is 3.63. The zero-order chi connectivity index (χ0) is 11.8. The number of rotatable bonds is 2. The number of anilines is 1. The van der Waals surface area contributed by atoms with Crippen LogP contribution in [0.3, 0.4) is 0 Å². The number of benzene rings is 1. The molecule has 1 aliphatic heterocycles. The largest absolute Gasteiger partial charge is 0.375 e. The maximum Gasteiger partial charge on any atom is 0.178 e. The molecule has 4 heteroatoms. The summed E-state index contributed by atoms with van der Waals surface area (Å²) in [7, 11) is -0.997. The zero-order valence-corrected chi connectivity index (χ0v) is 10.5. The minimum absolute atomic E-state index is 0.295. The van der Waals surface area contributed by atoms with Gasteiger partial charge in [0.15, 0.2) is 9.84 Å². The smallest absolute Gasteiger partial charge is 0.178 e. The van der Waals surface area contributed by atoms with Gasteiger partial charge in [0.1, 0.15) is 0 Å². The number of sulfone groups is 1. The molecule has 0 spiro atoms. The molecule has 0 bridgehead atoms. The van der Waals surface area contributed by atoms with E-state index in [4.69, 9.17) is 0 Å². The third-order valence-electron chi connectivity index (χ3n) is 3.15. The quantitative estimate of drug-likeness (QED) is 0.790. The summed E-state index contributed by atoms with van der Waals surface area (Å²) in [5.41, 5.74) is 2.07. The van der Waals surface area contributed by atoms with Crippen LogP contribution in [0.2, 0.25) is 0 Å². The molecule has 1 heterocycles. The average Bonchev–Trinajstić information content (AvgIpc) is 2.27. The van der Waals surface area contributed by atoms with Crippen molar-refractivity contribution >= 4 is 15.5 Å². The van der Waals surface area contributed by atoms with E-state index in [9.17, 15) is 8.42 Å². The van der Waals surface area contributed by atoms with Crippen molar-refractivity contribution in [1.82, 2.24) is 0 Å². The first-order valence-electron chi connectivity index (χ1n) is 5.61. The Morgan fingerprint density at radius 2 is 2.12 bits per heavy atom. The minimum Gasteiger partial charge on any atom is -0.375 e. The van der Waals surface area contributed by atoms with Crippen molar-refractivity contribution < 1.29 is 8.42 Å². The molecule has 0 fully saturated rings. The zero-order valence-electron chi connectivity index (χ0n) is 9.73. The van der Waals surface area contributed by atoms with Gasteiger partial charge < -0.3 is 4.90 Å². The Hall–Kier alpha value is -1.03. The van der Waals surface area contributed by atoms with Gasteiger partial charge in [0.2, 0.25) is 0 Å². The maximum atomic E-state index is 11.8. The molecule has 1 aromatic rings. The lowest BCUT2D eigenvalue weighted by Crippen LogP contribution is -2.19. The van der Waals surface area contributed by atoms with E-state index in [0.29, 0.717) is 10.6 Å². The van der Waals surface area contributed by atoms with Crippen LogP contribution >= 0.6 is 0 Å². The lowest BCUT2D eigenvalue weighted by atomic mass is 10.1. The van der Waals surface area contributed by atoms with E-state index in [1.54, 1.807) is 6.07 Å². The SMILES string of the molecule is CCN(C)c1ccc2c(c1)CCCS2(=O)=O. The van der Waals surface area contributed by atoms with Gasteiger partial charge in [-0.15, -0.1) is 0 Å². The van der Waals surface area contributed by atoms with Crippen molar-refractivity contribution in [3.63, 3.8) is 0 Å². The van der Waals surface area contributed by atoms with Gasteiger partial charge >= 0.3 is 0 Å². The first-order valence-corrected chi connectivity index (χ1v) is 7.26. The summed E-state index contributed by atoms with van der Waals surface area (Å²) in [5, 5.41) is 0. The van der Waals surface area contributed by atoms with Crippen molar-refractivity contribution in [1.29, 1.82) is 0 Å². The summed E-state index contributed by atoms with van der Waals surface area (Å²) in [6.07, 6.45) is 1.62. The number of aryl methyl sites for hydroxylation is 1. The highest BCUT2D eigenvalue weighted by Gasteiger charge is 2.23. The molecule has 3 nitrogen and oxygen atoms in total. The predicted octanol–water partition coefficient (Wildman–Crippen LogP) is 1.86. The highest BCUT2D eigenvalue weighted by atomic mass is 32.2. The van der Waals surface area contributed by atoms with Crippen LogP contribution in [0.25, 0.3) is 0 Å². The lowest BCUT2D eigenvalue weighted by Gasteiger charge is -2.21. The fourth-order valence-electron chi connectivity index (χ4n) is 2.05. The topological polar surface area (TPSA) is 37.4 Å². The van der Waals surface area contributed by atoms with Gasteiger partial charge in [-0.3, -0.25) is 0 Å². The first kappa shape index (κ1) is 11.5. The minimum atomic E-state index is -3.01. The molecule has 0 aliphatic carbocycles. The van der Waals surface area contributed by atoms with E-state index in [1.807, 2.05) is 19.2 Å². The van der Waals surface area contributed by atoms with E-state index in [1.165, 1.54) is 0 Å². The number of hydrogen-bond acceptors (Lipinski definition) is 3. The van der Waals surface area contributed by atoms with E-state index >= 15 is 0 Å². The predicted molar refractivity (Wildman–Crippen MR) is 65.8 cm³/mol. The van der Waals surface area contributed by atoms with Gasteiger partial charge in [0, 0.05) is 19.3 Å². The Balaban J connectivity index is 2.48. The van der Waals surface area contributed by atoms with Crippen molar-refractivity contribution in [3.05, 3.63) is 23.8 Å². The van der Waals surface area contributed by atoms with E-state index in [2.05, 4.69) is 11.8 Å². The molecule has 2 rings (SSSR count). The van der Waals surface area contributed by atoms with Gasteiger partial charge in [0.05, 0.1) is 10.6 Å². The standard InChI is InChI=1S/C12H17NO2S/c1-3-13(2)11-6-7-12-10(9-11)5-4-8-16(12,14)15/h6-7,9H,3-5,8H2,1-2H3. The van der Waals surface area contributed by atoms with Crippen LogP contribution in [0.4, 0.5) is 5.69 Å². The van der Waals surface area contributed by atoms with Crippen LogP contribution in [-0.4, -0.2) is 27.8 Å². The molecule has 16 heavy (non-hydrogen) atoms. The normalized spacial score (nSPS) is 17.9. The van der Waals surface area contributed by atoms with Crippen molar-refractivity contribution in [3.8, 4) is 0 Å². The first-order chi connectivity index (χ1) is 7.54. The van der Waals surface area contributed by atoms with Gasteiger partial charge in [-0.2, -0.15) is 0 Å². The lowest BCUT2D eigenvalue weighted by molar-refractivity contribution is 0.586. The van der Waals surface area contributed by atoms with E-state index < -0.39 is 9.84 Å². The molecule has 88 valence electrons. The molecule has 0 atom stereocenters. The second-order valence-corrected chi connectivity index (χ2v) is 6.31. The second-order valence-electron chi connectivity index (χ2n) is 4.23. The third kappa shape index (κ3) is 1.94. The fraction of sp³-hybridized carbons (Fsp3) is 0.500. The molecule has 0 saturated carbocycles. The Kier molecular flexibility index (Phi) is 2.93. The molecular weight excluding hydrogens is 222 g/mol. The average molecular weight is 239 g/mol. The maximum absolute atomic E-state index is 11.8. The van der Waals surface area contributed by atoms with Crippen LogP contribution in [0.15, 0.2) is 23.1 Å². The monoisotopic (exact) mass is 239 g/mol. The van der Waals surface area contributed by atoms with E-state index in [-0.39, 0.29) is 0 Å². The van der Waals surface area contributed by atoms with Crippen LogP contribution in [0, 0.1) is 0 Å². The molecule has 0 saturated heterocycles. The summed E-state index contributed by atoms with van der Waals surface area (Å²) < 4.78 is 23.6. The highest BCUT2D eigenvalue weighted by molar-refractivity contribution is 7.91. The molecular formula is C12H17NO2S. The molecule has 0 amide bonds.